The average molecular weight is 884 g/mol. The quantitative estimate of drug-likeness (QED) is 0.0374. The summed E-state index contributed by atoms with van der Waals surface area (Å²) in [4.78, 5) is 38.2. The average Bonchev–Trinajstić information content (AvgIpc) is 3.28. The first-order chi connectivity index (χ1) is 31.0. The lowest BCUT2D eigenvalue weighted by Crippen LogP contribution is -2.42. The van der Waals surface area contributed by atoms with E-state index in [2.05, 4.69) is 62.5 Å². The lowest BCUT2D eigenvalue weighted by atomic mass is 10.1. The molecule has 63 heavy (non-hydrogen) atoms. The predicted octanol–water partition coefficient (Wildman–Crippen LogP) is 17.7. The van der Waals surface area contributed by atoms with E-state index in [0.717, 1.165) is 77.0 Å². The standard InChI is InChI=1S/C57H105NO5/c1-4-7-10-13-16-19-22-25-28-31-34-37-40-43-46-49-55(59)58-54(52-62-56(60)50-47-44-41-38-35-32-29-26-23-20-17-14-11-8-5-2)53-63-57(61)51-48-45-42-39-36-33-30-27-24-21-18-15-12-9-6-3/h25-30,54H,4-24,31-53H2,1-3H3,(H,58,59). The summed E-state index contributed by atoms with van der Waals surface area (Å²) in [5.74, 6) is -0.563. The number of unbranched alkanes of at least 4 members (excludes halogenated alkanes) is 33. The van der Waals surface area contributed by atoms with Gasteiger partial charge in [-0.15, -0.1) is 0 Å². The molecule has 368 valence electrons. The Labute approximate surface area is 391 Å². The fourth-order valence-corrected chi connectivity index (χ4v) is 8.00. The predicted molar refractivity (Wildman–Crippen MR) is 272 cm³/mol. The topological polar surface area (TPSA) is 81.7 Å². The maximum absolute atomic E-state index is 12.9. The molecule has 0 heterocycles. The SMILES string of the molecule is CCCCCCCCC=CCCCCCCCC(=O)NC(COC(=O)CCCCCCCC=CCCCCCCCC)COC(=O)CCCCCCCC=CCCCCCCCC. The Balaban J connectivity index is 4.39. The number of rotatable bonds is 50. The van der Waals surface area contributed by atoms with Crippen molar-refractivity contribution in [1.82, 2.24) is 5.32 Å². The molecule has 6 heteroatoms. The second-order valence-corrected chi connectivity index (χ2v) is 18.6. The van der Waals surface area contributed by atoms with Crippen LogP contribution in [0.4, 0.5) is 0 Å². The van der Waals surface area contributed by atoms with E-state index < -0.39 is 6.04 Å². The van der Waals surface area contributed by atoms with Crippen molar-refractivity contribution in [3.8, 4) is 0 Å². The summed E-state index contributed by atoms with van der Waals surface area (Å²) in [5, 5.41) is 3.01. The second kappa shape index (κ2) is 52.3. The third kappa shape index (κ3) is 50.5. The largest absolute Gasteiger partial charge is 0.463 e. The minimum Gasteiger partial charge on any atom is -0.463 e. The Morgan fingerprint density at radius 2 is 0.571 bits per heavy atom. The van der Waals surface area contributed by atoms with Gasteiger partial charge in [-0.1, -0.05) is 211 Å². The van der Waals surface area contributed by atoms with Crippen molar-refractivity contribution in [3.05, 3.63) is 36.5 Å². The highest BCUT2D eigenvalue weighted by atomic mass is 16.5. The van der Waals surface area contributed by atoms with E-state index in [1.165, 1.54) is 173 Å². The maximum atomic E-state index is 12.9. The van der Waals surface area contributed by atoms with E-state index in [9.17, 15) is 14.4 Å². The minimum absolute atomic E-state index is 0.0305. The molecule has 6 nitrogen and oxygen atoms in total. The van der Waals surface area contributed by atoms with Gasteiger partial charge in [0.05, 0.1) is 6.04 Å². The highest BCUT2D eigenvalue weighted by molar-refractivity contribution is 5.76. The molecule has 0 aliphatic carbocycles. The molecule has 0 aliphatic heterocycles. The molecule has 0 saturated carbocycles. The molecule has 0 atom stereocenters. The van der Waals surface area contributed by atoms with E-state index in [0.29, 0.717) is 19.3 Å². The van der Waals surface area contributed by atoms with Crippen molar-refractivity contribution in [1.29, 1.82) is 0 Å². The normalized spacial score (nSPS) is 12.2. The van der Waals surface area contributed by atoms with Crippen molar-refractivity contribution in [3.63, 3.8) is 0 Å². The zero-order chi connectivity index (χ0) is 45.8. The first-order valence-corrected chi connectivity index (χ1v) is 27.6. The van der Waals surface area contributed by atoms with Gasteiger partial charge in [0.25, 0.3) is 0 Å². The van der Waals surface area contributed by atoms with Crippen molar-refractivity contribution in [2.75, 3.05) is 13.2 Å². The number of carbonyl (C=O) groups excluding carboxylic acids is 3. The monoisotopic (exact) mass is 884 g/mol. The summed E-state index contributed by atoms with van der Waals surface area (Å²) in [5.41, 5.74) is 0. The highest BCUT2D eigenvalue weighted by Crippen LogP contribution is 2.14. The Bertz CT molecular complexity index is 1010. The lowest BCUT2D eigenvalue weighted by molar-refractivity contribution is -0.149. The molecule has 0 radical (unpaired) electrons. The zero-order valence-corrected chi connectivity index (χ0v) is 42.2. The van der Waals surface area contributed by atoms with Crippen LogP contribution in [0.2, 0.25) is 0 Å². The number of carbonyl (C=O) groups is 3. The summed E-state index contributed by atoms with van der Waals surface area (Å²) in [6.45, 7) is 6.86. The zero-order valence-electron chi connectivity index (χ0n) is 42.2. The summed E-state index contributed by atoms with van der Waals surface area (Å²) >= 11 is 0. The van der Waals surface area contributed by atoms with E-state index in [1.807, 2.05) is 0 Å². The molecule has 0 rings (SSSR count). The van der Waals surface area contributed by atoms with Crippen molar-refractivity contribution in [2.45, 2.75) is 296 Å². The van der Waals surface area contributed by atoms with Crippen LogP contribution in [0.3, 0.4) is 0 Å². The van der Waals surface area contributed by atoms with Gasteiger partial charge in [0.1, 0.15) is 13.2 Å². The van der Waals surface area contributed by atoms with Crippen molar-refractivity contribution >= 4 is 17.8 Å². The van der Waals surface area contributed by atoms with Crippen LogP contribution in [-0.4, -0.2) is 37.1 Å². The fraction of sp³-hybridized carbons (Fsp3) is 0.842. The van der Waals surface area contributed by atoms with E-state index in [1.54, 1.807) is 0 Å². The third-order valence-electron chi connectivity index (χ3n) is 12.2. The second-order valence-electron chi connectivity index (χ2n) is 18.6. The number of amides is 1. The summed E-state index contributed by atoms with van der Waals surface area (Å²) in [7, 11) is 0. The Morgan fingerprint density at radius 3 is 0.857 bits per heavy atom. The Hall–Kier alpha value is -2.37. The molecule has 0 aromatic carbocycles. The van der Waals surface area contributed by atoms with Crippen LogP contribution >= 0.6 is 0 Å². The molecular formula is C57H105NO5. The Kier molecular flexibility index (Phi) is 50.3. The molecule has 0 aliphatic rings. The molecule has 0 fully saturated rings. The fourth-order valence-electron chi connectivity index (χ4n) is 8.00. The van der Waals surface area contributed by atoms with Crippen molar-refractivity contribution < 1.29 is 23.9 Å². The van der Waals surface area contributed by atoms with Gasteiger partial charge in [0.2, 0.25) is 5.91 Å². The molecule has 0 spiro atoms. The Morgan fingerprint density at radius 1 is 0.333 bits per heavy atom. The van der Waals surface area contributed by atoms with Crippen LogP contribution in [0.15, 0.2) is 36.5 Å². The van der Waals surface area contributed by atoms with Gasteiger partial charge in [0.15, 0.2) is 0 Å². The first kappa shape index (κ1) is 60.6. The molecule has 0 bridgehead atoms. The number of hydrogen-bond acceptors (Lipinski definition) is 5. The molecular weight excluding hydrogens is 779 g/mol. The molecule has 0 aromatic rings. The van der Waals surface area contributed by atoms with Gasteiger partial charge in [-0.3, -0.25) is 14.4 Å². The summed E-state index contributed by atoms with van der Waals surface area (Å²) in [6, 6.07) is -0.531. The smallest absolute Gasteiger partial charge is 0.305 e. The van der Waals surface area contributed by atoms with Crippen molar-refractivity contribution in [2.24, 2.45) is 0 Å². The maximum Gasteiger partial charge on any atom is 0.305 e. The molecule has 0 aromatic heterocycles. The van der Waals surface area contributed by atoms with Gasteiger partial charge in [-0.25, -0.2) is 0 Å². The molecule has 0 unspecified atom stereocenters. The number of hydrogen-bond donors (Lipinski definition) is 1. The number of ether oxygens (including phenoxy) is 2. The summed E-state index contributed by atoms with van der Waals surface area (Å²) < 4.78 is 11.2. The van der Waals surface area contributed by atoms with E-state index >= 15 is 0 Å². The molecule has 1 N–H and O–H groups in total. The van der Waals surface area contributed by atoms with Crippen LogP contribution in [0, 0.1) is 0 Å². The van der Waals surface area contributed by atoms with Gasteiger partial charge in [-0.05, 0) is 96.3 Å². The van der Waals surface area contributed by atoms with E-state index in [-0.39, 0.29) is 31.1 Å². The lowest BCUT2D eigenvalue weighted by Gasteiger charge is -2.19. The highest BCUT2D eigenvalue weighted by Gasteiger charge is 2.17. The van der Waals surface area contributed by atoms with Crippen LogP contribution in [0.1, 0.15) is 290 Å². The molecule has 1 amide bonds. The number of allylic oxidation sites excluding steroid dienone is 6. The first-order valence-electron chi connectivity index (χ1n) is 27.6. The summed E-state index contributed by atoms with van der Waals surface area (Å²) in [6.07, 6.45) is 62.6. The molecule has 0 saturated heterocycles. The van der Waals surface area contributed by atoms with Gasteiger partial charge < -0.3 is 14.8 Å². The third-order valence-corrected chi connectivity index (χ3v) is 12.2. The van der Waals surface area contributed by atoms with Crippen LogP contribution in [0.25, 0.3) is 0 Å². The van der Waals surface area contributed by atoms with Crippen LogP contribution in [-0.2, 0) is 23.9 Å². The van der Waals surface area contributed by atoms with E-state index in [4.69, 9.17) is 9.47 Å². The number of esters is 2. The number of nitrogens with one attached hydrogen (secondary N) is 1. The minimum atomic E-state index is -0.531. The van der Waals surface area contributed by atoms with Gasteiger partial charge in [0, 0.05) is 19.3 Å². The van der Waals surface area contributed by atoms with Gasteiger partial charge in [-0.2, -0.15) is 0 Å². The van der Waals surface area contributed by atoms with Crippen LogP contribution in [0.5, 0.6) is 0 Å². The van der Waals surface area contributed by atoms with Crippen LogP contribution < -0.4 is 5.32 Å². The van der Waals surface area contributed by atoms with Gasteiger partial charge >= 0.3 is 11.9 Å².